The molecular formula is C21H26FNO3. The van der Waals surface area contributed by atoms with E-state index >= 15 is 0 Å². The van der Waals surface area contributed by atoms with Gasteiger partial charge < -0.3 is 14.4 Å². The molecule has 0 radical (unpaired) electrons. The van der Waals surface area contributed by atoms with Crippen molar-refractivity contribution in [1.29, 1.82) is 0 Å². The first-order chi connectivity index (χ1) is 12.6. The molecule has 0 atom stereocenters. The van der Waals surface area contributed by atoms with Gasteiger partial charge >= 0.3 is 0 Å². The summed E-state index contributed by atoms with van der Waals surface area (Å²) in [6.07, 6.45) is 3.06. The normalized spacial score (nSPS) is 10.5. The minimum atomic E-state index is -0.280. The van der Waals surface area contributed by atoms with Gasteiger partial charge in [0, 0.05) is 18.7 Å². The summed E-state index contributed by atoms with van der Waals surface area (Å²) in [4.78, 5) is 14.8. The number of amides is 1. The zero-order valence-electron chi connectivity index (χ0n) is 15.6. The maximum atomic E-state index is 13.1. The summed E-state index contributed by atoms with van der Waals surface area (Å²) in [6.45, 7) is 3.22. The van der Waals surface area contributed by atoms with E-state index in [1.807, 2.05) is 0 Å². The van der Waals surface area contributed by atoms with Gasteiger partial charge in [0.2, 0.25) is 0 Å². The predicted octanol–water partition coefficient (Wildman–Crippen LogP) is 4.68. The minimum Gasteiger partial charge on any atom is -0.493 e. The Morgan fingerprint density at radius 1 is 1.00 bits per heavy atom. The molecule has 2 aromatic carbocycles. The van der Waals surface area contributed by atoms with Gasteiger partial charge in [-0.3, -0.25) is 4.79 Å². The average Bonchev–Trinajstić information content (AvgIpc) is 2.67. The Kier molecular flexibility index (Phi) is 7.45. The number of halogens is 1. The van der Waals surface area contributed by atoms with E-state index in [0.717, 1.165) is 24.8 Å². The van der Waals surface area contributed by atoms with E-state index in [-0.39, 0.29) is 11.7 Å². The molecule has 140 valence electrons. The van der Waals surface area contributed by atoms with Gasteiger partial charge in [0.05, 0.1) is 14.2 Å². The Balaban J connectivity index is 2.22. The topological polar surface area (TPSA) is 38.8 Å². The molecule has 2 aromatic rings. The van der Waals surface area contributed by atoms with Crippen LogP contribution < -0.4 is 9.47 Å². The van der Waals surface area contributed by atoms with Crippen molar-refractivity contribution in [2.24, 2.45) is 0 Å². The molecule has 26 heavy (non-hydrogen) atoms. The fourth-order valence-electron chi connectivity index (χ4n) is 2.77. The third-order valence-electron chi connectivity index (χ3n) is 4.24. The Hall–Kier alpha value is -2.56. The van der Waals surface area contributed by atoms with Crippen LogP contribution in [0, 0.1) is 5.82 Å². The molecule has 0 aliphatic carbocycles. The second-order valence-electron chi connectivity index (χ2n) is 6.13. The molecule has 0 aliphatic heterocycles. The first-order valence-electron chi connectivity index (χ1n) is 8.84. The highest BCUT2D eigenvalue weighted by molar-refractivity contribution is 5.95. The number of ether oxygens (including phenoxy) is 2. The Labute approximate surface area is 154 Å². The van der Waals surface area contributed by atoms with E-state index < -0.39 is 0 Å². The highest BCUT2D eigenvalue weighted by Crippen LogP contribution is 2.28. The molecule has 5 heteroatoms. The zero-order chi connectivity index (χ0) is 18.9. The second-order valence-corrected chi connectivity index (χ2v) is 6.13. The van der Waals surface area contributed by atoms with Gasteiger partial charge in [-0.2, -0.15) is 0 Å². The number of rotatable bonds is 9. The molecule has 0 heterocycles. The quantitative estimate of drug-likeness (QED) is 0.611. The smallest absolute Gasteiger partial charge is 0.254 e. The summed E-state index contributed by atoms with van der Waals surface area (Å²) in [5.74, 6) is 0.748. The van der Waals surface area contributed by atoms with Crippen molar-refractivity contribution < 1.29 is 18.7 Å². The molecule has 0 bridgehead atoms. The number of unbranched alkanes of at least 4 members (excludes halogenated alkanes) is 2. The standard InChI is InChI=1S/C21H26FNO3/c1-4-5-6-13-23(15-16-7-10-18(22)11-8-16)21(24)17-9-12-19(25-2)20(14-17)26-3/h7-12,14H,4-6,13,15H2,1-3H3. The van der Waals surface area contributed by atoms with Crippen molar-refractivity contribution in [3.8, 4) is 11.5 Å². The van der Waals surface area contributed by atoms with Crippen LogP contribution in [0.25, 0.3) is 0 Å². The predicted molar refractivity (Wildman–Crippen MR) is 100 cm³/mol. The largest absolute Gasteiger partial charge is 0.493 e. The summed E-state index contributed by atoms with van der Waals surface area (Å²) in [7, 11) is 3.11. The molecule has 0 fully saturated rings. The molecule has 0 saturated carbocycles. The van der Waals surface area contributed by atoms with Gasteiger partial charge in [-0.05, 0) is 42.3 Å². The Morgan fingerprint density at radius 3 is 2.31 bits per heavy atom. The van der Waals surface area contributed by atoms with Crippen LogP contribution in [0.3, 0.4) is 0 Å². The molecule has 2 rings (SSSR count). The third-order valence-corrected chi connectivity index (χ3v) is 4.24. The number of benzene rings is 2. The SMILES string of the molecule is CCCCCN(Cc1ccc(F)cc1)C(=O)c1ccc(OC)c(OC)c1. The van der Waals surface area contributed by atoms with Gasteiger partial charge in [-0.25, -0.2) is 4.39 Å². The van der Waals surface area contributed by atoms with E-state index in [1.165, 1.54) is 12.1 Å². The van der Waals surface area contributed by atoms with E-state index in [1.54, 1.807) is 49.5 Å². The fourth-order valence-corrected chi connectivity index (χ4v) is 2.77. The number of carbonyl (C=O) groups excluding carboxylic acids is 1. The van der Waals surface area contributed by atoms with Gasteiger partial charge in [0.15, 0.2) is 11.5 Å². The number of hydrogen-bond donors (Lipinski definition) is 0. The summed E-state index contributed by atoms with van der Waals surface area (Å²) in [5.41, 5.74) is 1.44. The van der Waals surface area contributed by atoms with Crippen molar-refractivity contribution in [2.75, 3.05) is 20.8 Å². The Morgan fingerprint density at radius 2 is 1.69 bits per heavy atom. The molecule has 0 aliphatic rings. The second kappa shape index (κ2) is 9.80. The number of methoxy groups -OCH3 is 2. The van der Waals surface area contributed by atoms with E-state index in [0.29, 0.717) is 30.2 Å². The summed E-state index contributed by atoms with van der Waals surface area (Å²) in [6, 6.07) is 11.4. The monoisotopic (exact) mass is 359 g/mol. The van der Waals surface area contributed by atoms with Crippen LogP contribution in [0.5, 0.6) is 11.5 Å². The van der Waals surface area contributed by atoms with Crippen molar-refractivity contribution in [2.45, 2.75) is 32.7 Å². The van der Waals surface area contributed by atoms with Gasteiger partial charge in [-0.1, -0.05) is 31.9 Å². The Bertz CT molecular complexity index is 716. The van der Waals surface area contributed by atoms with Crippen LogP contribution in [-0.4, -0.2) is 31.6 Å². The minimum absolute atomic E-state index is 0.0774. The van der Waals surface area contributed by atoms with Crippen molar-refractivity contribution in [3.05, 3.63) is 59.4 Å². The lowest BCUT2D eigenvalue weighted by Crippen LogP contribution is -2.31. The van der Waals surface area contributed by atoms with Crippen LogP contribution >= 0.6 is 0 Å². The summed E-state index contributed by atoms with van der Waals surface area (Å²) in [5, 5.41) is 0. The fraction of sp³-hybridized carbons (Fsp3) is 0.381. The summed E-state index contributed by atoms with van der Waals surface area (Å²) < 4.78 is 23.7. The first-order valence-corrected chi connectivity index (χ1v) is 8.84. The molecular weight excluding hydrogens is 333 g/mol. The number of hydrogen-bond acceptors (Lipinski definition) is 3. The lowest BCUT2D eigenvalue weighted by Gasteiger charge is -2.23. The molecule has 4 nitrogen and oxygen atoms in total. The van der Waals surface area contributed by atoms with Crippen LogP contribution in [0.4, 0.5) is 4.39 Å². The van der Waals surface area contributed by atoms with Crippen LogP contribution in [-0.2, 0) is 6.54 Å². The van der Waals surface area contributed by atoms with Crippen molar-refractivity contribution in [1.82, 2.24) is 4.90 Å². The zero-order valence-corrected chi connectivity index (χ0v) is 15.6. The molecule has 0 N–H and O–H groups in total. The average molecular weight is 359 g/mol. The van der Waals surface area contributed by atoms with Crippen LogP contribution in [0.15, 0.2) is 42.5 Å². The van der Waals surface area contributed by atoms with E-state index in [4.69, 9.17) is 9.47 Å². The summed E-state index contributed by atoms with van der Waals surface area (Å²) >= 11 is 0. The van der Waals surface area contributed by atoms with Crippen molar-refractivity contribution >= 4 is 5.91 Å². The first kappa shape index (κ1) is 19.8. The van der Waals surface area contributed by atoms with Crippen LogP contribution in [0.2, 0.25) is 0 Å². The van der Waals surface area contributed by atoms with Gasteiger partial charge in [0.25, 0.3) is 5.91 Å². The lowest BCUT2D eigenvalue weighted by atomic mass is 10.1. The maximum Gasteiger partial charge on any atom is 0.254 e. The number of nitrogens with zero attached hydrogens (tertiary/aromatic N) is 1. The molecule has 0 spiro atoms. The maximum absolute atomic E-state index is 13.1. The molecule has 1 amide bonds. The van der Waals surface area contributed by atoms with E-state index in [9.17, 15) is 9.18 Å². The highest BCUT2D eigenvalue weighted by Gasteiger charge is 2.18. The third kappa shape index (κ3) is 5.22. The van der Waals surface area contributed by atoms with E-state index in [2.05, 4.69) is 6.92 Å². The molecule has 0 unspecified atom stereocenters. The van der Waals surface area contributed by atoms with Crippen LogP contribution in [0.1, 0.15) is 42.1 Å². The van der Waals surface area contributed by atoms with Crippen molar-refractivity contribution in [3.63, 3.8) is 0 Å². The lowest BCUT2D eigenvalue weighted by molar-refractivity contribution is 0.0739. The highest BCUT2D eigenvalue weighted by atomic mass is 19.1. The molecule has 0 saturated heterocycles. The molecule has 0 aromatic heterocycles. The van der Waals surface area contributed by atoms with Gasteiger partial charge in [0.1, 0.15) is 5.82 Å². The van der Waals surface area contributed by atoms with Gasteiger partial charge in [-0.15, -0.1) is 0 Å². The number of carbonyl (C=O) groups is 1.